The Balaban J connectivity index is 0. The molecule has 24 valence electrons. The molecule has 0 amide bonds. The van der Waals surface area contributed by atoms with Gasteiger partial charge in [-0.15, -0.1) is 0 Å². The molecule has 0 heterocycles. The van der Waals surface area contributed by atoms with Gasteiger partial charge in [-0.3, -0.25) is 0 Å². The van der Waals surface area contributed by atoms with Gasteiger partial charge in [-0.1, -0.05) is 0 Å². The molecule has 0 atom stereocenters. The molecule has 0 radical (unpaired) electrons. The van der Waals surface area contributed by atoms with Crippen LogP contribution in [0, 0.1) is 7.43 Å². The molecule has 0 unspecified atom stereocenters. The predicted molar refractivity (Wildman–Crippen MR) is 40.2 cm³/mol. The summed E-state index contributed by atoms with van der Waals surface area (Å²) in [6.45, 7) is 0. The molecule has 0 spiro atoms. The fourth-order valence-electron chi connectivity index (χ4n) is 0. The summed E-state index contributed by atoms with van der Waals surface area (Å²) in [4.78, 5) is 0. The van der Waals surface area contributed by atoms with E-state index in [1.54, 1.807) is 0 Å². The van der Waals surface area contributed by atoms with Crippen molar-refractivity contribution in [2.45, 2.75) is 0 Å². The molecule has 0 aromatic rings. The van der Waals surface area contributed by atoms with Gasteiger partial charge in [0.05, 0.1) is 0 Å². The molecule has 0 fully saturated rings. The molecule has 0 nitrogen and oxygen atoms in total. The fourth-order valence-corrected chi connectivity index (χ4v) is 0. The van der Waals surface area contributed by atoms with Crippen molar-refractivity contribution in [1.82, 2.24) is 0 Å². The van der Waals surface area contributed by atoms with Crippen LogP contribution in [0.15, 0.2) is 0 Å². The molecule has 0 aromatic heterocycles. The van der Waals surface area contributed by atoms with Gasteiger partial charge in [0.25, 0.3) is 0 Å². The maximum absolute atomic E-state index is 2.36. The molecule has 0 N–H and O–H groups in total. The van der Waals surface area contributed by atoms with E-state index in [-0.39, 0.29) is 7.43 Å². The van der Waals surface area contributed by atoms with Crippen LogP contribution in [-0.4, -0.2) is 8.65 Å². The number of halogens is 2. The Morgan fingerprint density at radius 1 is 1.25 bits per heavy atom. The van der Waals surface area contributed by atoms with Crippen molar-refractivity contribution >= 4 is 49.2 Å². The third-order valence-electron chi connectivity index (χ3n) is 0. The van der Waals surface area contributed by atoms with E-state index in [1.165, 1.54) is 0 Å². The van der Waals surface area contributed by atoms with Crippen LogP contribution in [-0.2, 0) is 0 Å². The summed E-state index contributed by atoms with van der Waals surface area (Å²) in [6.07, 6.45) is 0. The van der Waals surface area contributed by atoms with Gasteiger partial charge >= 0.3 is 49.2 Å². The van der Waals surface area contributed by atoms with E-state index in [1.807, 2.05) is 0 Å². The van der Waals surface area contributed by atoms with Crippen LogP contribution < -0.4 is 0 Å². The van der Waals surface area contributed by atoms with E-state index in [4.69, 9.17) is 0 Å². The van der Waals surface area contributed by atoms with Gasteiger partial charge in [-0.2, -0.15) is 0 Å². The molecule has 4 heavy (non-hydrogen) atoms. The summed E-state index contributed by atoms with van der Waals surface area (Å²) >= 11 is 4.72. The molecule has 0 saturated carbocycles. The summed E-state index contributed by atoms with van der Waals surface area (Å²) in [7, 11) is 0.690. The average molecular weight is 296 g/mol. The summed E-state index contributed by atoms with van der Waals surface area (Å²) in [5.74, 6) is 0. The zero-order chi connectivity index (χ0) is 2.71. The van der Waals surface area contributed by atoms with Gasteiger partial charge in [0.2, 0.25) is 0 Å². The van der Waals surface area contributed by atoms with E-state index in [0.717, 1.165) is 0 Å². The zero-order valence-corrected chi connectivity index (χ0v) is 7.80. The Kier molecular flexibility index (Phi) is 20.8. The van der Waals surface area contributed by atoms with Crippen LogP contribution in [0.4, 0.5) is 0 Å². The molecule has 0 aromatic carbocycles. The van der Waals surface area contributed by atoms with Crippen molar-refractivity contribution in [2.75, 3.05) is 0 Å². The van der Waals surface area contributed by atoms with Crippen LogP contribution in [0.3, 0.4) is 0 Å². The Hall–Kier alpha value is 1.99. The number of hydrogen-bond donors (Lipinski definition) is 0. The van der Waals surface area contributed by atoms with Crippen LogP contribution in [0.25, 0.3) is 0 Å². The van der Waals surface area contributed by atoms with Crippen molar-refractivity contribution in [3.05, 3.63) is 7.43 Å². The Labute approximate surface area is 55.8 Å². The summed E-state index contributed by atoms with van der Waals surface area (Å²) in [5.41, 5.74) is 0. The van der Waals surface area contributed by atoms with Gasteiger partial charge in [-0.05, 0) is 0 Å². The normalized spacial score (nSPS) is 2.50. The third kappa shape index (κ3) is 9.01. The summed E-state index contributed by atoms with van der Waals surface area (Å²) in [5, 5.41) is 0. The van der Waals surface area contributed by atoms with E-state index >= 15 is 0 Å². The maximum atomic E-state index is 2.36. The molecule has 3 heteroatoms. The monoisotopic (exact) mass is 296 g/mol. The Morgan fingerprint density at radius 2 is 1.25 bits per heavy atom. The molecule has 0 bridgehead atoms. The van der Waals surface area contributed by atoms with Crippen LogP contribution in [0.5, 0.6) is 0 Å². The van der Waals surface area contributed by atoms with Gasteiger partial charge < -0.3 is 7.43 Å². The molecule has 0 aliphatic rings. The molecule has 0 aliphatic heterocycles. The van der Waals surface area contributed by atoms with Crippen molar-refractivity contribution in [2.24, 2.45) is 0 Å². The second-order valence-corrected chi connectivity index (χ2v) is 11.1. The zero-order valence-electron chi connectivity index (χ0n) is 2.33. The van der Waals surface area contributed by atoms with Crippen LogP contribution in [0.2, 0.25) is 0 Å². The molecular weight excluding hydrogens is 293 g/mol. The molecule has 0 rings (SSSR count). The van der Waals surface area contributed by atoms with Gasteiger partial charge in [-0.25, -0.2) is 0 Å². The molecule has 0 aliphatic carbocycles. The second-order valence-electron chi connectivity index (χ2n) is 0.0825. The third-order valence-corrected chi connectivity index (χ3v) is 0. The number of rotatable bonds is 0. The van der Waals surface area contributed by atoms with Gasteiger partial charge in [0.1, 0.15) is 0 Å². The average Bonchev–Trinajstić information content (AvgIpc) is 0.918. The van der Waals surface area contributed by atoms with E-state index in [0.29, 0.717) is 8.65 Å². The summed E-state index contributed by atoms with van der Waals surface area (Å²) in [6, 6.07) is 0. The standard InChI is InChI=1S/CH3.Al.2HI/h1H3;;2*1H/q-1;+3;;/p-2. The first-order valence-corrected chi connectivity index (χ1v) is 8.78. The first kappa shape index (κ1) is 9.37. The summed E-state index contributed by atoms with van der Waals surface area (Å²) < 4.78 is 0. The topological polar surface area (TPSA) is 0 Å². The van der Waals surface area contributed by atoms with Crippen molar-refractivity contribution in [3.63, 3.8) is 0 Å². The minimum atomic E-state index is 0. The van der Waals surface area contributed by atoms with Gasteiger partial charge in [0.15, 0.2) is 0 Å². The van der Waals surface area contributed by atoms with E-state index < -0.39 is 0 Å². The molecular formula is CH3AlI2. The Bertz CT molecular complexity index is 6.00. The van der Waals surface area contributed by atoms with Crippen molar-refractivity contribution in [3.8, 4) is 0 Å². The predicted octanol–water partition coefficient (Wildman–Crippen LogP) is 1.84. The minimum absolute atomic E-state index is 0. The van der Waals surface area contributed by atoms with Crippen molar-refractivity contribution in [1.29, 1.82) is 0 Å². The van der Waals surface area contributed by atoms with Gasteiger partial charge in [0, 0.05) is 0 Å². The van der Waals surface area contributed by atoms with Crippen LogP contribution >= 0.6 is 40.5 Å². The Morgan fingerprint density at radius 3 is 1.25 bits per heavy atom. The SMILES string of the molecule is [CH3-].[I][Al+][I]. The van der Waals surface area contributed by atoms with E-state index in [9.17, 15) is 0 Å². The quantitative estimate of drug-likeness (QED) is 0.363. The van der Waals surface area contributed by atoms with E-state index in [2.05, 4.69) is 40.5 Å². The molecule has 0 saturated heterocycles. The number of hydrogen-bond acceptors (Lipinski definition) is 0. The van der Waals surface area contributed by atoms with Crippen molar-refractivity contribution < 1.29 is 0 Å². The second kappa shape index (κ2) is 8.89. The first-order chi connectivity index (χ1) is 1.41. The first-order valence-electron chi connectivity index (χ1n) is 0.436. The van der Waals surface area contributed by atoms with Crippen LogP contribution in [0.1, 0.15) is 0 Å². The fraction of sp³-hybridized carbons (Fsp3) is 0.